The molecule has 2 aromatic carbocycles. The van der Waals surface area contributed by atoms with E-state index in [4.69, 9.17) is 0 Å². The Bertz CT molecular complexity index is 973. The van der Waals surface area contributed by atoms with Crippen LogP contribution in [0, 0.1) is 27.7 Å². The molecule has 7 nitrogen and oxygen atoms in total. The van der Waals surface area contributed by atoms with E-state index in [0.29, 0.717) is 23.6 Å². The monoisotopic (exact) mass is 435 g/mol. The van der Waals surface area contributed by atoms with Gasteiger partial charge in [-0.1, -0.05) is 18.2 Å². The van der Waals surface area contributed by atoms with E-state index in [1.54, 1.807) is 18.2 Å². The van der Waals surface area contributed by atoms with Crippen LogP contribution in [-0.2, 0) is 15.3 Å². The van der Waals surface area contributed by atoms with E-state index in [9.17, 15) is 28.5 Å². The number of thioether (sulfide) groups is 1. The minimum absolute atomic E-state index is 0.0284. The predicted octanol–water partition coefficient (Wildman–Crippen LogP) is 3.28. The predicted molar refractivity (Wildman–Crippen MR) is 109 cm³/mol. The zero-order chi connectivity index (χ0) is 21.7. The molecule has 30 heavy (non-hydrogen) atoms. The Morgan fingerprint density at radius 2 is 2.00 bits per heavy atom. The number of nitro groups is 1. The fraction of sp³-hybridized carbons (Fsp3) is 0.300. The van der Waals surface area contributed by atoms with Gasteiger partial charge in [-0.25, -0.2) is 4.39 Å². The van der Waals surface area contributed by atoms with Gasteiger partial charge in [0.1, 0.15) is 5.82 Å². The Morgan fingerprint density at radius 1 is 1.23 bits per heavy atom. The second-order valence-corrected chi connectivity index (χ2v) is 7.84. The van der Waals surface area contributed by atoms with E-state index in [0.717, 1.165) is 12.1 Å². The highest BCUT2D eigenvalue weighted by Gasteiger charge is 2.35. The summed E-state index contributed by atoms with van der Waals surface area (Å²) in [5, 5.41) is 13.7. The summed E-state index contributed by atoms with van der Waals surface area (Å²) >= 11 is 1.48. The van der Waals surface area contributed by atoms with Gasteiger partial charge in [-0.15, -0.1) is 0 Å². The molecule has 0 radical (unpaired) electrons. The van der Waals surface area contributed by atoms with Gasteiger partial charge in [0.25, 0.3) is 0 Å². The third kappa shape index (κ3) is 5.12. The number of halogens is 2. The van der Waals surface area contributed by atoms with Gasteiger partial charge in [0.15, 0.2) is 0 Å². The maximum Gasteiger partial charge on any atom is 0.306 e. The Labute approximate surface area is 175 Å². The summed E-state index contributed by atoms with van der Waals surface area (Å²) in [6, 6.07) is 9.70. The van der Waals surface area contributed by atoms with Crippen molar-refractivity contribution in [1.82, 2.24) is 5.32 Å². The van der Waals surface area contributed by atoms with Crippen molar-refractivity contribution in [3.8, 4) is 0 Å². The highest BCUT2D eigenvalue weighted by Crippen LogP contribution is 2.29. The Kier molecular flexibility index (Phi) is 6.99. The molecule has 158 valence electrons. The molecule has 0 bridgehead atoms. The molecule has 1 atom stereocenters. The van der Waals surface area contributed by atoms with E-state index in [-0.39, 0.29) is 36.3 Å². The average molecular weight is 435 g/mol. The Balaban J connectivity index is 1.49. The molecule has 3 rings (SSSR count). The van der Waals surface area contributed by atoms with Gasteiger partial charge in [-0.05, 0) is 23.8 Å². The first kappa shape index (κ1) is 21.7. The summed E-state index contributed by atoms with van der Waals surface area (Å²) in [5.74, 6) is -1.44. The molecule has 0 spiro atoms. The van der Waals surface area contributed by atoms with Crippen LogP contribution in [-0.4, -0.2) is 35.6 Å². The minimum atomic E-state index is -0.988. The van der Waals surface area contributed by atoms with Crippen LogP contribution in [0.3, 0.4) is 0 Å². The first-order valence-electron chi connectivity index (χ1n) is 9.20. The molecule has 1 fully saturated rings. The lowest BCUT2D eigenvalue weighted by atomic mass is 10.1. The third-order valence-corrected chi connectivity index (χ3v) is 5.70. The van der Waals surface area contributed by atoms with Crippen molar-refractivity contribution in [1.29, 1.82) is 0 Å². The topological polar surface area (TPSA) is 92.6 Å². The van der Waals surface area contributed by atoms with Crippen molar-refractivity contribution < 1.29 is 23.3 Å². The highest BCUT2D eigenvalue weighted by atomic mass is 32.2. The van der Waals surface area contributed by atoms with Crippen LogP contribution in [0.2, 0.25) is 0 Å². The first-order chi connectivity index (χ1) is 14.4. The van der Waals surface area contributed by atoms with Gasteiger partial charge < -0.3 is 10.2 Å². The van der Waals surface area contributed by atoms with Gasteiger partial charge in [0.2, 0.25) is 17.6 Å². The minimum Gasteiger partial charge on any atom is -0.355 e. The van der Waals surface area contributed by atoms with Crippen LogP contribution in [0.25, 0.3) is 0 Å². The van der Waals surface area contributed by atoms with Crippen molar-refractivity contribution in [2.24, 2.45) is 5.92 Å². The molecule has 1 saturated heterocycles. The summed E-state index contributed by atoms with van der Waals surface area (Å²) in [5.41, 5.74) is 0.0585. The summed E-state index contributed by atoms with van der Waals surface area (Å²) < 4.78 is 27.1. The number of rotatable bonds is 8. The fourth-order valence-electron chi connectivity index (χ4n) is 3.13. The lowest BCUT2D eigenvalue weighted by molar-refractivity contribution is -0.387. The van der Waals surface area contributed by atoms with E-state index in [2.05, 4.69) is 5.32 Å². The molecule has 2 aromatic rings. The van der Waals surface area contributed by atoms with Gasteiger partial charge in [0, 0.05) is 37.1 Å². The maximum atomic E-state index is 13.6. The summed E-state index contributed by atoms with van der Waals surface area (Å²) in [7, 11) is 0. The van der Waals surface area contributed by atoms with Crippen molar-refractivity contribution in [3.05, 3.63) is 69.8 Å². The molecule has 1 unspecified atom stereocenters. The Hall–Kier alpha value is -3.01. The van der Waals surface area contributed by atoms with E-state index in [1.165, 1.54) is 28.8 Å². The number of nitro benzene ring substituents is 1. The van der Waals surface area contributed by atoms with Crippen molar-refractivity contribution in [2.45, 2.75) is 12.2 Å². The molecule has 1 aliphatic rings. The van der Waals surface area contributed by atoms with E-state index in [1.807, 2.05) is 0 Å². The third-order valence-electron chi connectivity index (χ3n) is 4.69. The molecule has 1 aliphatic heterocycles. The van der Waals surface area contributed by atoms with Crippen molar-refractivity contribution >= 4 is 35.0 Å². The number of nitrogens with one attached hydrogen (secondary N) is 1. The number of carbonyl (C=O) groups excluding carboxylic acids is 2. The van der Waals surface area contributed by atoms with Crippen molar-refractivity contribution in [2.75, 3.05) is 23.7 Å². The highest BCUT2D eigenvalue weighted by molar-refractivity contribution is 7.98. The van der Waals surface area contributed by atoms with Crippen LogP contribution in [0.5, 0.6) is 0 Å². The number of carbonyl (C=O) groups is 2. The zero-order valence-corrected chi connectivity index (χ0v) is 16.7. The zero-order valence-electron chi connectivity index (χ0n) is 15.8. The molecule has 10 heteroatoms. The van der Waals surface area contributed by atoms with E-state index < -0.39 is 22.3 Å². The van der Waals surface area contributed by atoms with Crippen LogP contribution < -0.4 is 10.2 Å². The maximum absolute atomic E-state index is 13.6. The number of anilines is 1. The molecule has 0 saturated carbocycles. The lowest BCUT2D eigenvalue weighted by Crippen LogP contribution is -2.34. The van der Waals surface area contributed by atoms with Crippen LogP contribution in [0.1, 0.15) is 12.0 Å². The smallest absolute Gasteiger partial charge is 0.306 e. The van der Waals surface area contributed by atoms with Crippen molar-refractivity contribution in [3.63, 3.8) is 0 Å². The molecule has 2 amide bonds. The average Bonchev–Trinajstić information content (AvgIpc) is 3.11. The van der Waals surface area contributed by atoms with Crippen LogP contribution in [0.4, 0.5) is 20.2 Å². The second-order valence-electron chi connectivity index (χ2n) is 6.73. The number of benzene rings is 2. The normalized spacial score (nSPS) is 16.0. The summed E-state index contributed by atoms with van der Waals surface area (Å²) in [6.07, 6.45) is -0.0284. The molecular weight excluding hydrogens is 416 g/mol. The number of hydrogen-bond acceptors (Lipinski definition) is 5. The molecule has 0 aromatic heterocycles. The van der Waals surface area contributed by atoms with Gasteiger partial charge in [-0.3, -0.25) is 19.7 Å². The number of hydrogen-bond donors (Lipinski definition) is 1. The summed E-state index contributed by atoms with van der Waals surface area (Å²) in [4.78, 5) is 35.9. The largest absolute Gasteiger partial charge is 0.355 e. The number of amides is 2. The fourth-order valence-corrected chi connectivity index (χ4v) is 3.97. The first-order valence-corrected chi connectivity index (χ1v) is 10.4. The quantitative estimate of drug-likeness (QED) is 0.390. The second kappa shape index (κ2) is 9.66. The SMILES string of the molecule is O=C(NCCSCc1ccccc1F)C1CC(=O)N(c2ccc(F)c([N+](=O)[O-])c2)C1. The van der Waals surface area contributed by atoms with Gasteiger partial charge in [0.05, 0.1) is 16.5 Å². The standard InChI is InChI=1S/C20H19F2N3O4S/c21-16-4-2-1-3-13(16)12-30-8-7-23-20(27)14-9-19(26)24(11-14)15-5-6-17(22)18(10-15)25(28)29/h1-6,10,14H,7-9,11-12H2,(H,23,27). The van der Waals surface area contributed by atoms with E-state index >= 15 is 0 Å². The summed E-state index contributed by atoms with van der Waals surface area (Å²) in [6.45, 7) is 0.431. The molecular formula is C20H19F2N3O4S. The van der Waals surface area contributed by atoms with Crippen LogP contribution >= 0.6 is 11.8 Å². The lowest BCUT2D eigenvalue weighted by Gasteiger charge is -2.16. The van der Waals surface area contributed by atoms with Crippen LogP contribution in [0.15, 0.2) is 42.5 Å². The number of nitrogens with zero attached hydrogens (tertiary/aromatic N) is 2. The van der Waals surface area contributed by atoms with Gasteiger partial charge in [-0.2, -0.15) is 16.2 Å². The Morgan fingerprint density at radius 3 is 2.73 bits per heavy atom. The van der Waals surface area contributed by atoms with Gasteiger partial charge >= 0.3 is 5.69 Å². The molecule has 1 heterocycles. The molecule has 0 aliphatic carbocycles. The molecule has 1 N–H and O–H groups in total.